The predicted molar refractivity (Wildman–Crippen MR) is 67.5 cm³/mol. The van der Waals surface area contributed by atoms with E-state index in [1.54, 1.807) is 0 Å². The molecule has 0 aromatic carbocycles. The second kappa shape index (κ2) is 5.17. The average Bonchev–Trinajstić information content (AvgIpc) is 1.94. The Bertz CT molecular complexity index is 239. The molecule has 0 saturated carbocycles. The Hall–Kier alpha value is -0.570. The van der Waals surface area contributed by atoms with Crippen molar-refractivity contribution in [2.75, 3.05) is 0 Å². The zero-order valence-corrected chi connectivity index (χ0v) is 11.7. The fraction of sp³-hybridized carbons (Fsp3) is 0.923. The van der Waals surface area contributed by atoms with Crippen molar-refractivity contribution >= 4 is 5.97 Å². The lowest BCUT2D eigenvalue weighted by atomic mass is 9.81. The molecule has 0 aliphatic heterocycles. The first kappa shape index (κ1) is 15.4. The lowest BCUT2D eigenvalue weighted by Crippen LogP contribution is -2.53. The van der Waals surface area contributed by atoms with Gasteiger partial charge in [-0.15, -0.1) is 0 Å². The molecule has 1 atom stereocenters. The number of carbonyl (C=O) groups is 1. The SMILES string of the molecule is CC(C)C(NC(C)(C)CC(C)(C)C)C(=O)O. The molecule has 2 N–H and O–H groups in total. The summed E-state index contributed by atoms with van der Waals surface area (Å²) < 4.78 is 0. The Morgan fingerprint density at radius 2 is 1.62 bits per heavy atom. The molecule has 0 radical (unpaired) electrons. The fourth-order valence-electron chi connectivity index (χ4n) is 2.31. The summed E-state index contributed by atoms with van der Waals surface area (Å²) in [4.78, 5) is 11.1. The van der Waals surface area contributed by atoms with Gasteiger partial charge in [0.1, 0.15) is 6.04 Å². The van der Waals surface area contributed by atoms with Crippen molar-refractivity contribution in [2.45, 2.75) is 66.5 Å². The third-order valence-electron chi connectivity index (χ3n) is 2.45. The van der Waals surface area contributed by atoms with E-state index in [0.29, 0.717) is 0 Å². The molecular weight excluding hydrogens is 202 g/mol. The van der Waals surface area contributed by atoms with Gasteiger partial charge in [0.25, 0.3) is 0 Å². The van der Waals surface area contributed by atoms with Crippen LogP contribution in [0, 0.1) is 11.3 Å². The minimum atomic E-state index is -0.767. The van der Waals surface area contributed by atoms with Crippen LogP contribution in [0.2, 0.25) is 0 Å². The highest BCUT2D eigenvalue weighted by molar-refractivity contribution is 5.73. The minimum Gasteiger partial charge on any atom is -0.480 e. The molecule has 0 rings (SSSR count). The van der Waals surface area contributed by atoms with Crippen LogP contribution < -0.4 is 5.32 Å². The first-order chi connectivity index (χ1) is 6.94. The molecule has 0 aliphatic rings. The summed E-state index contributed by atoms with van der Waals surface area (Å²) in [6.07, 6.45) is 0.941. The Morgan fingerprint density at radius 3 is 1.88 bits per heavy atom. The van der Waals surface area contributed by atoms with Crippen LogP contribution in [0.3, 0.4) is 0 Å². The van der Waals surface area contributed by atoms with E-state index in [-0.39, 0.29) is 16.9 Å². The topological polar surface area (TPSA) is 49.3 Å². The first-order valence-electron chi connectivity index (χ1n) is 5.95. The molecule has 0 aromatic heterocycles. The summed E-state index contributed by atoms with van der Waals surface area (Å²) in [5, 5.41) is 12.4. The van der Waals surface area contributed by atoms with E-state index in [2.05, 4.69) is 39.9 Å². The highest BCUT2D eigenvalue weighted by atomic mass is 16.4. The van der Waals surface area contributed by atoms with Crippen molar-refractivity contribution in [3.05, 3.63) is 0 Å². The summed E-state index contributed by atoms with van der Waals surface area (Å²) in [6, 6.07) is -0.475. The Labute approximate surface area is 99.6 Å². The summed E-state index contributed by atoms with van der Waals surface area (Å²) in [6.45, 7) is 14.5. The summed E-state index contributed by atoms with van der Waals surface area (Å²) in [5.41, 5.74) is 0.0299. The molecule has 3 heteroatoms. The zero-order valence-electron chi connectivity index (χ0n) is 11.7. The van der Waals surface area contributed by atoms with Gasteiger partial charge >= 0.3 is 5.97 Å². The number of carboxylic acids is 1. The van der Waals surface area contributed by atoms with E-state index < -0.39 is 12.0 Å². The smallest absolute Gasteiger partial charge is 0.320 e. The van der Waals surface area contributed by atoms with Gasteiger partial charge in [-0.3, -0.25) is 10.1 Å². The molecular formula is C13H27NO2. The summed E-state index contributed by atoms with van der Waals surface area (Å²) in [5.74, 6) is -0.672. The molecule has 0 fully saturated rings. The van der Waals surface area contributed by atoms with Crippen molar-refractivity contribution in [2.24, 2.45) is 11.3 Å². The van der Waals surface area contributed by atoms with Gasteiger partial charge in [0.05, 0.1) is 0 Å². The van der Waals surface area contributed by atoms with Crippen LogP contribution in [0.15, 0.2) is 0 Å². The van der Waals surface area contributed by atoms with Gasteiger partial charge < -0.3 is 5.11 Å². The number of hydrogen-bond acceptors (Lipinski definition) is 2. The van der Waals surface area contributed by atoms with Gasteiger partial charge in [-0.05, 0) is 31.6 Å². The van der Waals surface area contributed by atoms with Crippen molar-refractivity contribution < 1.29 is 9.90 Å². The number of aliphatic carboxylic acids is 1. The van der Waals surface area contributed by atoms with E-state index in [1.807, 2.05) is 13.8 Å². The maximum absolute atomic E-state index is 11.1. The van der Waals surface area contributed by atoms with Crippen LogP contribution >= 0.6 is 0 Å². The van der Waals surface area contributed by atoms with E-state index in [0.717, 1.165) is 6.42 Å². The maximum atomic E-state index is 11.1. The van der Waals surface area contributed by atoms with Crippen molar-refractivity contribution in [3.63, 3.8) is 0 Å². The molecule has 0 aromatic rings. The molecule has 0 bridgehead atoms. The summed E-state index contributed by atoms with van der Waals surface area (Å²) in [7, 11) is 0. The van der Waals surface area contributed by atoms with E-state index in [9.17, 15) is 4.79 Å². The lowest BCUT2D eigenvalue weighted by Gasteiger charge is -2.36. The largest absolute Gasteiger partial charge is 0.480 e. The highest BCUT2D eigenvalue weighted by Crippen LogP contribution is 2.27. The van der Waals surface area contributed by atoms with Crippen molar-refractivity contribution in [3.8, 4) is 0 Å². The zero-order chi connectivity index (χ0) is 13.1. The van der Waals surface area contributed by atoms with E-state index in [4.69, 9.17) is 5.11 Å². The van der Waals surface area contributed by atoms with Gasteiger partial charge in [-0.2, -0.15) is 0 Å². The Balaban J connectivity index is 4.60. The van der Waals surface area contributed by atoms with Gasteiger partial charge in [0.2, 0.25) is 0 Å². The van der Waals surface area contributed by atoms with Crippen molar-refractivity contribution in [1.82, 2.24) is 5.32 Å². The van der Waals surface area contributed by atoms with Gasteiger partial charge in [-0.1, -0.05) is 34.6 Å². The monoisotopic (exact) mass is 229 g/mol. The highest BCUT2D eigenvalue weighted by Gasteiger charge is 2.31. The Morgan fingerprint density at radius 1 is 1.19 bits per heavy atom. The third kappa shape index (κ3) is 6.11. The van der Waals surface area contributed by atoms with Crippen LogP contribution in [0.1, 0.15) is 54.9 Å². The molecule has 16 heavy (non-hydrogen) atoms. The van der Waals surface area contributed by atoms with Crippen molar-refractivity contribution in [1.29, 1.82) is 0 Å². The number of nitrogens with one attached hydrogen (secondary N) is 1. The maximum Gasteiger partial charge on any atom is 0.320 e. The van der Waals surface area contributed by atoms with Gasteiger partial charge in [-0.25, -0.2) is 0 Å². The van der Waals surface area contributed by atoms with Crippen LogP contribution in [-0.2, 0) is 4.79 Å². The quantitative estimate of drug-likeness (QED) is 0.762. The second-order valence-electron chi connectivity index (χ2n) is 6.83. The average molecular weight is 229 g/mol. The molecule has 0 heterocycles. The van der Waals surface area contributed by atoms with Crippen LogP contribution in [0.5, 0.6) is 0 Å². The van der Waals surface area contributed by atoms with Gasteiger partial charge in [0, 0.05) is 5.54 Å². The molecule has 0 spiro atoms. The minimum absolute atomic E-state index is 0.0942. The predicted octanol–water partition coefficient (Wildman–Crippen LogP) is 2.90. The number of rotatable bonds is 5. The van der Waals surface area contributed by atoms with Crippen LogP contribution in [0.25, 0.3) is 0 Å². The fourth-order valence-corrected chi connectivity index (χ4v) is 2.31. The standard InChI is InChI=1S/C13H27NO2/c1-9(2)10(11(15)16)14-13(6,7)8-12(3,4)5/h9-10,14H,8H2,1-7H3,(H,15,16). The normalized spacial score (nSPS) is 15.2. The van der Waals surface area contributed by atoms with E-state index >= 15 is 0 Å². The van der Waals surface area contributed by atoms with Crippen LogP contribution in [0.4, 0.5) is 0 Å². The van der Waals surface area contributed by atoms with E-state index in [1.165, 1.54) is 0 Å². The second-order valence-corrected chi connectivity index (χ2v) is 6.83. The van der Waals surface area contributed by atoms with Gasteiger partial charge in [0.15, 0.2) is 0 Å². The molecule has 1 unspecified atom stereocenters. The molecule has 0 saturated heterocycles. The number of hydrogen-bond donors (Lipinski definition) is 2. The molecule has 3 nitrogen and oxygen atoms in total. The molecule has 0 aliphatic carbocycles. The number of carboxylic acid groups (broad SMARTS) is 1. The molecule has 0 amide bonds. The third-order valence-corrected chi connectivity index (χ3v) is 2.45. The Kier molecular flexibility index (Phi) is 4.99. The first-order valence-corrected chi connectivity index (χ1v) is 5.95. The summed E-state index contributed by atoms with van der Waals surface area (Å²) >= 11 is 0. The van der Waals surface area contributed by atoms with Crippen LogP contribution in [-0.4, -0.2) is 22.7 Å². The molecule has 96 valence electrons. The lowest BCUT2D eigenvalue weighted by molar-refractivity contribution is -0.141.